The molecular weight excluding hydrogens is 228 g/mol. The normalized spacial score (nSPS) is 11.9. The van der Waals surface area contributed by atoms with Crippen molar-refractivity contribution in [2.75, 3.05) is 12.5 Å². The van der Waals surface area contributed by atoms with Crippen molar-refractivity contribution < 1.29 is 4.74 Å². The maximum absolute atomic E-state index is 5.66. The lowest BCUT2D eigenvalue weighted by Crippen LogP contribution is -2.30. The Labute approximate surface area is 109 Å². The van der Waals surface area contributed by atoms with E-state index in [-0.39, 0.29) is 0 Å². The van der Waals surface area contributed by atoms with Crippen LogP contribution in [0.4, 0.5) is 5.82 Å². The summed E-state index contributed by atoms with van der Waals surface area (Å²) in [5, 5.41) is 0. The van der Waals surface area contributed by atoms with Crippen LogP contribution in [0, 0.1) is 0 Å². The minimum atomic E-state index is -0.434. The molecule has 18 heavy (non-hydrogen) atoms. The Hall–Kier alpha value is -1.20. The topological polar surface area (TPSA) is 73.1 Å². The highest BCUT2D eigenvalue weighted by atomic mass is 16.5. The van der Waals surface area contributed by atoms with E-state index in [9.17, 15) is 0 Å². The number of methoxy groups -OCH3 is 1. The molecule has 0 saturated heterocycles. The molecule has 1 heterocycles. The van der Waals surface area contributed by atoms with Gasteiger partial charge < -0.3 is 10.2 Å². The van der Waals surface area contributed by atoms with Gasteiger partial charge in [-0.25, -0.2) is 15.8 Å². The molecule has 0 fully saturated rings. The Balaban J connectivity index is 3.33. The Morgan fingerprint density at radius 1 is 1.33 bits per heavy atom. The average Bonchev–Trinajstić information content (AvgIpc) is 2.41. The van der Waals surface area contributed by atoms with E-state index < -0.39 is 5.60 Å². The standard InChI is InChI=1S/C13H24N4O/c1-6-13(7-2,18-5)12-15-10(9(3)4)8-11(16-12)17-14/h8-9H,6-7,14H2,1-5H3,(H,15,16,17). The van der Waals surface area contributed by atoms with Gasteiger partial charge in [-0.05, 0) is 18.8 Å². The second-order valence-corrected chi connectivity index (χ2v) is 4.71. The zero-order valence-electron chi connectivity index (χ0n) is 11.9. The Morgan fingerprint density at radius 2 is 1.94 bits per heavy atom. The molecule has 102 valence electrons. The summed E-state index contributed by atoms with van der Waals surface area (Å²) in [6.07, 6.45) is 1.65. The van der Waals surface area contributed by atoms with Gasteiger partial charge in [0.25, 0.3) is 0 Å². The van der Waals surface area contributed by atoms with Crippen molar-refractivity contribution in [2.24, 2.45) is 5.84 Å². The highest BCUT2D eigenvalue weighted by Gasteiger charge is 2.32. The van der Waals surface area contributed by atoms with Crippen LogP contribution in [0.1, 0.15) is 58.0 Å². The lowest BCUT2D eigenvalue weighted by atomic mass is 9.95. The van der Waals surface area contributed by atoms with Gasteiger partial charge in [0.1, 0.15) is 11.4 Å². The molecule has 1 aromatic heterocycles. The first-order chi connectivity index (χ1) is 8.52. The third-order valence-electron chi connectivity index (χ3n) is 3.43. The smallest absolute Gasteiger partial charge is 0.162 e. The van der Waals surface area contributed by atoms with Crippen LogP contribution in [0.3, 0.4) is 0 Å². The van der Waals surface area contributed by atoms with Crippen molar-refractivity contribution in [1.29, 1.82) is 0 Å². The second kappa shape index (κ2) is 6.11. The third kappa shape index (κ3) is 2.79. The average molecular weight is 252 g/mol. The first-order valence-electron chi connectivity index (χ1n) is 6.44. The van der Waals surface area contributed by atoms with Crippen LogP contribution in [-0.2, 0) is 10.3 Å². The number of aromatic nitrogens is 2. The van der Waals surface area contributed by atoms with E-state index in [1.165, 1.54) is 0 Å². The van der Waals surface area contributed by atoms with Gasteiger partial charge in [-0.15, -0.1) is 0 Å². The van der Waals surface area contributed by atoms with Crippen LogP contribution in [0.15, 0.2) is 6.07 Å². The molecule has 0 saturated carbocycles. The largest absolute Gasteiger partial charge is 0.370 e. The molecule has 3 N–H and O–H groups in total. The molecule has 0 radical (unpaired) electrons. The molecule has 1 aromatic rings. The Kier molecular flexibility index (Phi) is 5.04. The van der Waals surface area contributed by atoms with Gasteiger partial charge in [-0.3, -0.25) is 0 Å². The molecule has 0 aromatic carbocycles. The van der Waals surface area contributed by atoms with E-state index in [1.54, 1.807) is 7.11 Å². The number of hydrogen-bond donors (Lipinski definition) is 2. The van der Waals surface area contributed by atoms with E-state index in [0.717, 1.165) is 18.5 Å². The van der Waals surface area contributed by atoms with Crippen molar-refractivity contribution in [1.82, 2.24) is 9.97 Å². The van der Waals surface area contributed by atoms with E-state index in [0.29, 0.717) is 17.6 Å². The van der Waals surface area contributed by atoms with Crippen molar-refractivity contribution in [3.63, 3.8) is 0 Å². The predicted molar refractivity (Wildman–Crippen MR) is 73.2 cm³/mol. The summed E-state index contributed by atoms with van der Waals surface area (Å²) in [4.78, 5) is 9.08. The first kappa shape index (κ1) is 14.9. The van der Waals surface area contributed by atoms with Gasteiger partial charge in [0.15, 0.2) is 5.82 Å². The fourth-order valence-corrected chi connectivity index (χ4v) is 1.99. The SMILES string of the molecule is CCC(CC)(OC)c1nc(NN)cc(C(C)C)n1. The first-order valence-corrected chi connectivity index (χ1v) is 6.44. The van der Waals surface area contributed by atoms with Gasteiger partial charge in [-0.1, -0.05) is 27.7 Å². The summed E-state index contributed by atoms with van der Waals surface area (Å²) < 4.78 is 5.66. The number of hydrazine groups is 1. The number of hydrogen-bond acceptors (Lipinski definition) is 5. The van der Waals surface area contributed by atoms with Crippen LogP contribution >= 0.6 is 0 Å². The zero-order valence-corrected chi connectivity index (χ0v) is 11.9. The maximum atomic E-state index is 5.66. The molecular formula is C13H24N4O. The number of ether oxygens (including phenoxy) is 1. The van der Waals surface area contributed by atoms with Crippen LogP contribution in [0.5, 0.6) is 0 Å². The fourth-order valence-electron chi connectivity index (χ4n) is 1.99. The van der Waals surface area contributed by atoms with Gasteiger partial charge in [0.2, 0.25) is 0 Å². The molecule has 5 heteroatoms. The highest BCUT2D eigenvalue weighted by molar-refractivity contribution is 5.36. The minimum absolute atomic E-state index is 0.321. The third-order valence-corrected chi connectivity index (χ3v) is 3.43. The molecule has 0 unspecified atom stereocenters. The van der Waals surface area contributed by atoms with E-state index in [2.05, 4.69) is 43.1 Å². The summed E-state index contributed by atoms with van der Waals surface area (Å²) in [7, 11) is 1.70. The Bertz CT molecular complexity index is 380. The van der Waals surface area contributed by atoms with E-state index >= 15 is 0 Å². The molecule has 0 spiro atoms. The quantitative estimate of drug-likeness (QED) is 0.601. The van der Waals surface area contributed by atoms with Gasteiger partial charge in [0.05, 0.1) is 0 Å². The molecule has 0 atom stereocenters. The van der Waals surface area contributed by atoms with Crippen molar-refractivity contribution >= 4 is 5.82 Å². The molecule has 0 bridgehead atoms. The summed E-state index contributed by atoms with van der Waals surface area (Å²) >= 11 is 0. The van der Waals surface area contributed by atoms with Crippen molar-refractivity contribution in [2.45, 2.75) is 52.1 Å². The molecule has 1 rings (SSSR count). The van der Waals surface area contributed by atoms with Crippen LogP contribution in [0.25, 0.3) is 0 Å². The summed E-state index contributed by atoms with van der Waals surface area (Å²) in [5.41, 5.74) is 3.14. The molecule has 0 amide bonds. The van der Waals surface area contributed by atoms with Gasteiger partial charge in [-0.2, -0.15) is 0 Å². The molecule has 5 nitrogen and oxygen atoms in total. The van der Waals surface area contributed by atoms with Crippen LogP contribution in [0.2, 0.25) is 0 Å². The monoisotopic (exact) mass is 252 g/mol. The maximum Gasteiger partial charge on any atom is 0.162 e. The zero-order chi connectivity index (χ0) is 13.8. The number of rotatable bonds is 6. The van der Waals surface area contributed by atoms with Crippen molar-refractivity contribution in [3.05, 3.63) is 17.6 Å². The van der Waals surface area contributed by atoms with E-state index in [4.69, 9.17) is 10.6 Å². The van der Waals surface area contributed by atoms with E-state index in [1.807, 2.05) is 6.07 Å². The number of nitrogens with zero attached hydrogens (tertiary/aromatic N) is 2. The number of nitrogens with one attached hydrogen (secondary N) is 1. The second-order valence-electron chi connectivity index (χ2n) is 4.71. The number of nitrogen functional groups attached to an aromatic ring is 1. The summed E-state index contributed by atoms with van der Waals surface area (Å²) in [6, 6.07) is 1.87. The van der Waals surface area contributed by atoms with Crippen LogP contribution in [-0.4, -0.2) is 17.1 Å². The molecule has 0 aliphatic carbocycles. The lowest BCUT2D eigenvalue weighted by molar-refractivity contribution is -0.0292. The number of anilines is 1. The van der Waals surface area contributed by atoms with Gasteiger partial charge >= 0.3 is 0 Å². The summed E-state index contributed by atoms with van der Waals surface area (Å²) in [5.74, 6) is 7.13. The molecule has 0 aliphatic heterocycles. The van der Waals surface area contributed by atoms with Crippen LogP contribution < -0.4 is 11.3 Å². The minimum Gasteiger partial charge on any atom is -0.370 e. The number of nitrogens with two attached hydrogens (primary N) is 1. The predicted octanol–water partition coefficient (Wildman–Crippen LogP) is 2.55. The van der Waals surface area contributed by atoms with Gasteiger partial charge in [0, 0.05) is 18.9 Å². The summed E-state index contributed by atoms with van der Waals surface area (Å²) in [6.45, 7) is 8.35. The fraction of sp³-hybridized carbons (Fsp3) is 0.692. The Morgan fingerprint density at radius 3 is 2.33 bits per heavy atom. The molecule has 0 aliphatic rings. The lowest BCUT2D eigenvalue weighted by Gasteiger charge is -2.29. The van der Waals surface area contributed by atoms with Crippen molar-refractivity contribution in [3.8, 4) is 0 Å². The highest BCUT2D eigenvalue weighted by Crippen LogP contribution is 2.31.